The Morgan fingerprint density at radius 2 is 1.05 bits per heavy atom. The molecule has 0 aromatic rings. The van der Waals surface area contributed by atoms with Gasteiger partial charge in [0, 0.05) is 38.9 Å². The van der Waals surface area contributed by atoms with E-state index in [4.69, 9.17) is 9.47 Å². The number of rotatable bonds is 8. The molecule has 0 unspecified atom stereocenters. The molecule has 2 aliphatic heterocycles. The van der Waals surface area contributed by atoms with Crippen LogP contribution < -0.4 is 0 Å². The molecular formula is C30H56AuClN4O2. The molecule has 4 aliphatic rings. The van der Waals surface area contributed by atoms with E-state index in [2.05, 4.69) is 109 Å². The Kier molecular flexibility index (Phi) is 15.5. The van der Waals surface area contributed by atoms with Crippen LogP contribution in [0.3, 0.4) is 0 Å². The van der Waals surface area contributed by atoms with Crippen LogP contribution in [0, 0.1) is 35.5 Å². The van der Waals surface area contributed by atoms with Crippen molar-refractivity contribution in [2.24, 2.45) is 35.5 Å². The summed E-state index contributed by atoms with van der Waals surface area (Å²) in [5.41, 5.74) is 0. The summed E-state index contributed by atoms with van der Waals surface area (Å²) >= 11 is 1.75. The SMILES string of the molecule is CC(C)[C@@H]1CC[C@@H](C)C[C@H]1OCN1C=CN(C)C1.CC(C)[C@@H]1CC[C@@H](C)C[C@H]1OCN1C=CN(C)C1.[Cl][Au]. The van der Waals surface area contributed by atoms with Crippen LogP contribution in [-0.2, 0) is 29.5 Å². The van der Waals surface area contributed by atoms with Crippen LogP contribution in [0.4, 0.5) is 0 Å². The van der Waals surface area contributed by atoms with Crippen molar-refractivity contribution in [3.8, 4) is 0 Å². The maximum atomic E-state index is 6.21. The van der Waals surface area contributed by atoms with Gasteiger partial charge in [0.1, 0.15) is 13.5 Å². The summed E-state index contributed by atoms with van der Waals surface area (Å²) in [6, 6.07) is 0. The zero-order valence-electron chi connectivity index (χ0n) is 25.3. The summed E-state index contributed by atoms with van der Waals surface area (Å²) in [7, 11) is 8.77. The molecule has 0 saturated heterocycles. The third-order valence-electron chi connectivity index (χ3n) is 8.70. The zero-order valence-corrected chi connectivity index (χ0v) is 28.2. The molecule has 0 radical (unpaired) electrons. The first-order valence-corrected chi connectivity index (χ1v) is 17.4. The molecule has 0 spiro atoms. The third-order valence-corrected chi connectivity index (χ3v) is 8.70. The molecule has 0 amide bonds. The van der Waals surface area contributed by atoms with E-state index in [1.165, 1.54) is 38.5 Å². The summed E-state index contributed by atoms with van der Waals surface area (Å²) in [6.07, 6.45) is 17.2. The molecule has 0 aromatic heterocycles. The van der Waals surface area contributed by atoms with E-state index in [1.807, 2.05) is 0 Å². The Morgan fingerprint density at radius 1 is 0.684 bits per heavy atom. The van der Waals surface area contributed by atoms with Crippen molar-refractivity contribution in [1.82, 2.24) is 19.6 Å². The Labute approximate surface area is 250 Å². The average molecular weight is 737 g/mol. The van der Waals surface area contributed by atoms with E-state index in [0.29, 0.717) is 12.2 Å². The molecule has 6 nitrogen and oxygen atoms in total. The Morgan fingerprint density at radius 3 is 1.34 bits per heavy atom. The standard InChI is InChI=1S/2C15H28N2O.Au.ClH/c2*1-12(2)14-6-5-13(3)9-15(14)18-11-17-8-7-16(4)10-17;;/h2*7-8,12-15H,5-6,9-11H2,1-4H3;;1H/q;;+1;/p-1/t2*13-,14+,15-;;/m11../s1. The molecule has 6 atom stereocenters. The zero-order chi connectivity index (χ0) is 28.2. The fraction of sp³-hybridized carbons (Fsp3) is 0.867. The molecule has 226 valence electrons. The molecule has 8 heteroatoms. The van der Waals surface area contributed by atoms with Crippen LogP contribution in [0.15, 0.2) is 24.8 Å². The number of hydrogen-bond acceptors (Lipinski definition) is 6. The first-order valence-electron chi connectivity index (χ1n) is 14.7. The second kappa shape index (κ2) is 17.4. The van der Waals surface area contributed by atoms with Gasteiger partial charge in [-0.1, -0.05) is 54.4 Å². The number of hydrogen-bond donors (Lipinski definition) is 0. The predicted octanol–water partition coefficient (Wildman–Crippen LogP) is 6.88. The number of nitrogens with zero attached hydrogens (tertiary/aromatic N) is 4. The van der Waals surface area contributed by atoms with Crippen molar-refractivity contribution in [3.63, 3.8) is 0 Å². The quantitative estimate of drug-likeness (QED) is 0.253. The normalized spacial score (nSPS) is 31.1. The molecular weight excluding hydrogens is 681 g/mol. The van der Waals surface area contributed by atoms with Gasteiger partial charge in [-0.25, -0.2) is 0 Å². The maximum absolute atomic E-state index is 6.21. The van der Waals surface area contributed by atoms with E-state index in [0.717, 1.165) is 62.3 Å². The fourth-order valence-corrected chi connectivity index (χ4v) is 6.34. The van der Waals surface area contributed by atoms with Gasteiger partial charge in [-0.3, -0.25) is 0 Å². The second-order valence-electron chi connectivity index (χ2n) is 12.9. The van der Waals surface area contributed by atoms with Gasteiger partial charge in [0.25, 0.3) is 0 Å². The Balaban J connectivity index is 0.000000251. The first kappa shape index (κ1) is 33.8. The topological polar surface area (TPSA) is 31.4 Å². The third kappa shape index (κ3) is 11.2. The summed E-state index contributed by atoms with van der Waals surface area (Å²) in [4.78, 5) is 8.81. The van der Waals surface area contributed by atoms with Crippen molar-refractivity contribution in [2.75, 3.05) is 40.9 Å². The average Bonchev–Trinajstić information content (AvgIpc) is 3.50. The Hall–Kier alpha value is -0.370. The molecule has 2 saturated carbocycles. The van der Waals surface area contributed by atoms with Gasteiger partial charge in [-0.05, 0) is 61.2 Å². The van der Waals surface area contributed by atoms with Gasteiger partial charge in [-0.15, -0.1) is 0 Å². The second-order valence-corrected chi connectivity index (χ2v) is 12.9. The molecule has 0 N–H and O–H groups in total. The number of ether oxygens (including phenoxy) is 2. The monoisotopic (exact) mass is 736 g/mol. The summed E-state index contributed by atoms with van der Waals surface area (Å²) in [6.45, 7) is 17.4. The van der Waals surface area contributed by atoms with Crippen molar-refractivity contribution in [3.05, 3.63) is 24.8 Å². The molecule has 0 bridgehead atoms. The minimum atomic E-state index is 0.452. The molecule has 2 heterocycles. The fourth-order valence-electron chi connectivity index (χ4n) is 6.34. The molecule has 4 rings (SSSR count). The van der Waals surface area contributed by atoms with Gasteiger partial charge in [0.2, 0.25) is 0 Å². The van der Waals surface area contributed by atoms with Gasteiger partial charge in [0.15, 0.2) is 0 Å². The van der Waals surface area contributed by atoms with Crippen LogP contribution in [0.1, 0.15) is 80.1 Å². The van der Waals surface area contributed by atoms with Gasteiger partial charge in [-0.2, -0.15) is 0 Å². The van der Waals surface area contributed by atoms with E-state index < -0.39 is 0 Å². The van der Waals surface area contributed by atoms with E-state index >= 15 is 0 Å². The number of halogens is 1. The van der Waals surface area contributed by atoms with Gasteiger partial charge >= 0.3 is 29.2 Å². The summed E-state index contributed by atoms with van der Waals surface area (Å²) < 4.78 is 12.4. The molecule has 0 aromatic carbocycles. The van der Waals surface area contributed by atoms with Crippen LogP contribution in [0.25, 0.3) is 0 Å². The van der Waals surface area contributed by atoms with E-state index in [9.17, 15) is 0 Å². The Bertz CT molecular complexity index is 652. The molecule has 38 heavy (non-hydrogen) atoms. The van der Waals surface area contributed by atoms with Crippen molar-refractivity contribution in [1.29, 1.82) is 0 Å². The van der Waals surface area contributed by atoms with Crippen molar-refractivity contribution < 1.29 is 29.5 Å². The minimum absolute atomic E-state index is 0.452. The van der Waals surface area contributed by atoms with Gasteiger partial charge < -0.3 is 29.1 Å². The molecule has 2 fully saturated rings. The van der Waals surface area contributed by atoms with Gasteiger partial charge in [0.05, 0.1) is 25.5 Å². The van der Waals surface area contributed by atoms with Crippen LogP contribution in [-0.4, -0.2) is 72.7 Å². The first-order chi connectivity index (χ1) is 18.1. The van der Waals surface area contributed by atoms with E-state index in [-0.39, 0.29) is 0 Å². The summed E-state index contributed by atoms with van der Waals surface area (Å²) in [5.74, 6) is 4.60. The van der Waals surface area contributed by atoms with Crippen LogP contribution in [0.5, 0.6) is 0 Å². The molecule has 2 aliphatic carbocycles. The van der Waals surface area contributed by atoms with Crippen LogP contribution >= 0.6 is 9.19 Å². The van der Waals surface area contributed by atoms with Crippen LogP contribution in [0.2, 0.25) is 0 Å². The van der Waals surface area contributed by atoms with Crippen molar-refractivity contribution in [2.45, 2.75) is 92.3 Å². The van der Waals surface area contributed by atoms with Crippen molar-refractivity contribution >= 4 is 9.19 Å². The van der Waals surface area contributed by atoms with E-state index in [1.54, 1.807) is 20.0 Å². The predicted molar refractivity (Wildman–Crippen MR) is 155 cm³/mol. The summed E-state index contributed by atoms with van der Waals surface area (Å²) in [5, 5.41) is 0.